The number of nitrogens with zero attached hydrogens (tertiary/aromatic N) is 5. The van der Waals surface area contributed by atoms with E-state index in [0.29, 0.717) is 35.7 Å². The van der Waals surface area contributed by atoms with Crippen molar-refractivity contribution in [1.82, 2.24) is 30.3 Å². The molecule has 0 unspecified atom stereocenters. The number of anilines is 2. The van der Waals surface area contributed by atoms with Crippen LogP contribution in [-0.4, -0.2) is 41.9 Å². The summed E-state index contributed by atoms with van der Waals surface area (Å²) in [5, 5.41) is 23.5. The Balaban J connectivity index is 1.57. The van der Waals surface area contributed by atoms with Crippen molar-refractivity contribution in [2.75, 3.05) is 5.32 Å². The molecule has 0 radical (unpaired) electrons. The van der Waals surface area contributed by atoms with Crippen LogP contribution in [0.3, 0.4) is 0 Å². The summed E-state index contributed by atoms with van der Waals surface area (Å²) in [6, 6.07) is 14.0. The van der Waals surface area contributed by atoms with E-state index in [2.05, 4.69) is 30.9 Å². The molecular weight excluding hydrogens is 422 g/mol. The predicted molar refractivity (Wildman–Crippen MR) is 122 cm³/mol. The van der Waals surface area contributed by atoms with Gasteiger partial charge in [0.15, 0.2) is 11.2 Å². The van der Waals surface area contributed by atoms with Crippen LogP contribution in [0.5, 0.6) is 0 Å². The molecule has 10 heteroatoms. The van der Waals surface area contributed by atoms with E-state index < -0.39 is 5.97 Å². The highest BCUT2D eigenvalue weighted by molar-refractivity contribution is 5.89. The second kappa shape index (κ2) is 9.43. The quantitative estimate of drug-likeness (QED) is 0.376. The maximum Gasteiger partial charge on any atom is 0.335 e. The zero-order valence-electron chi connectivity index (χ0n) is 18.2. The van der Waals surface area contributed by atoms with Gasteiger partial charge in [-0.15, -0.1) is 5.10 Å². The zero-order chi connectivity index (χ0) is 23.4. The van der Waals surface area contributed by atoms with Gasteiger partial charge >= 0.3 is 5.97 Å². The Bertz CT molecular complexity index is 1320. The van der Waals surface area contributed by atoms with Crippen molar-refractivity contribution in [1.29, 1.82) is 0 Å². The van der Waals surface area contributed by atoms with Crippen LogP contribution in [0.4, 0.5) is 11.6 Å². The van der Waals surface area contributed by atoms with Crippen LogP contribution in [0, 0.1) is 5.92 Å². The van der Waals surface area contributed by atoms with Gasteiger partial charge in [0.25, 0.3) is 0 Å². The molecular formula is C23H23N7O3. The summed E-state index contributed by atoms with van der Waals surface area (Å²) in [7, 11) is 0. The average molecular weight is 445 g/mol. The average Bonchev–Trinajstić information content (AvgIpc) is 3.21. The molecule has 0 atom stereocenters. The maximum atomic E-state index is 12.0. The van der Waals surface area contributed by atoms with E-state index in [4.69, 9.17) is 0 Å². The normalized spacial score (nSPS) is 11.0. The van der Waals surface area contributed by atoms with Crippen molar-refractivity contribution in [2.45, 2.75) is 26.8 Å². The van der Waals surface area contributed by atoms with Crippen LogP contribution in [0.1, 0.15) is 36.2 Å². The lowest BCUT2D eigenvalue weighted by atomic mass is 10.1. The molecule has 0 aliphatic carbocycles. The summed E-state index contributed by atoms with van der Waals surface area (Å²) in [4.78, 5) is 31.9. The summed E-state index contributed by atoms with van der Waals surface area (Å²) >= 11 is 0. The van der Waals surface area contributed by atoms with Crippen molar-refractivity contribution in [3.8, 4) is 5.69 Å². The first-order valence-corrected chi connectivity index (χ1v) is 10.4. The van der Waals surface area contributed by atoms with Gasteiger partial charge in [0.1, 0.15) is 0 Å². The van der Waals surface area contributed by atoms with E-state index in [1.807, 2.05) is 38.1 Å². The SMILES string of the molecule is CC(C)CC(=O)NCc1cccc(-n2nnc3cnc(Nc4cccc(C(=O)O)c4)nc32)c1. The van der Waals surface area contributed by atoms with Crippen LogP contribution < -0.4 is 10.6 Å². The number of rotatable bonds is 8. The van der Waals surface area contributed by atoms with Crippen molar-refractivity contribution in [3.05, 3.63) is 65.9 Å². The molecule has 0 spiro atoms. The number of carbonyl (C=O) groups is 2. The maximum absolute atomic E-state index is 12.0. The third-order valence-electron chi connectivity index (χ3n) is 4.80. The Morgan fingerprint density at radius 3 is 2.73 bits per heavy atom. The van der Waals surface area contributed by atoms with Crippen LogP contribution >= 0.6 is 0 Å². The van der Waals surface area contributed by atoms with Crippen molar-refractivity contribution in [2.24, 2.45) is 5.92 Å². The number of amides is 1. The van der Waals surface area contributed by atoms with Gasteiger partial charge in [0.05, 0.1) is 17.4 Å². The number of aromatic nitrogens is 5. The van der Waals surface area contributed by atoms with Crippen LogP contribution in [0.25, 0.3) is 16.9 Å². The number of hydrogen-bond donors (Lipinski definition) is 3. The molecule has 0 saturated heterocycles. The number of nitrogens with one attached hydrogen (secondary N) is 2. The molecule has 0 saturated carbocycles. The first-order chi connectivity index (χ1) is 15.9. The second-order valence-corrected chi connectivity index (χ2v) is 7.96. The molecule has 10 nitrogen and oxygen atoms in total. The topological polar surface area (TPSA) is 135 Å². The Morgan fingerprint density at radius 2 is 1.94 bits per heavy atom. The Labute approximate surface area is 189 Å². The number of carboxylic acid groups (broad SMARTS) is 1. The third-order valence-corrected chi connectivity index (χ3v) is 4.80. The lowest BCUT2D eigenvalue weighted by Crippen LogP contribution is -2.23. The van der Waals surface area contributed by atoms with Gasteiger partial charge in [-0.3, -0.25) is 4.79 Å². The minimum atomic E-state index is -1.02. The second-order valence-electron chi connectivity index (χ2n) is 7.96. The fraction of sp³-hybridized carbons (Fsp3) is 0.217. The molecule has 0 bridgehead atoms. The molecule has 2 heterocycles. The summed E-state index contributed by atoms with van der Waals surface area (Å²) in [6.45, 7) is 4.42. The molecule has 2 aromatic carbocycles. The van der Waals surface area contributed by atoms with E-state index in [1.165, 1.54) is 12.1 Å². The molecule has 1 amide bonds. The van der Waals surface area contributed by atoms with Gasteiger partial charge in [0.2, 0.25) is 11.9 Å². The summed E-state index contributed by atoms with van der Waals surface area (Å²) < 4.78 is 1.59. The van der Waals surface area contributed by atoms with Gasteiger partial charge in [-0.2, -0.15) is 9.67 Å². The number of aromatic carboxylic acids is 1. The first kappa shape index (κ1) is 21.9. The largest absolute Gasteiger partial charge is 0.478 e. The fourth-order valence-electron chi connectivity index (χ4n) is 3.26. The number of fused-ring (bicyclic) bond motifs is 1. The van der Waals surface area contributed by atoms with E-state index >= 15 is 0 Å². The molecule has 3 N–H and O–H groups in total. The molecule has 4 rings (SSSR count). The van der Waals surface area contributed by atoms with Crippen molar-refractivity contribution < 1.29 is 14.7 Å². The number of carbonyl (C=O) groups excluding carboxylic acids is 1. The van der Waals surface area contributed by atoms with Crippen LogP contribution in [-0.2, 0) is 11.3 Å². The number of benzene rings is 2. The summed E-state index contributed by atoms with van der Waals surface area (Å²) in [5.74, 6) is -0.424. The number of hydrogen-bond acceptors (Lipinski definition) is 7. The molecule has 168 valence electrons. The molecule has 0 fully saturated rings. The standard InChI is InChI=1S/C23H23N7O3/c1-14(2)9-20(31)24-12-15-5-3-8-18(10-15)30-21-19(28-29-30)13-25-23(27-21)26-17-7-4-6-16(11-17)22(32)33/h3-8,10-11,13-14H,9,12H2,1-2H3,(H,24,31)(H,32,33)(H,25,26,27). The van der Waals surface area contributed by atoms with E-state index in [-0.39, 0.29) is 17.4 Å². The van der Waals surface area contributed by atoms with Gasteiger partial charge in [-0.1, -0.05) is 37.3 Å². The van der Waals surface area contributed by atoms with Crippen molar-refractivity contribution in [3.63, 3.8) is 0 Å². The van der Waals surface area contributed by atoms with Gasteiger partial charge in [-0.05, 0) is 41.8 Å². The first-order valence-electron chi connectivity index (χ1n) is 10.4. The van der Waals surface area contributed by atoms with E-state index in [9.17, 15) is 14.7 Å². The minimum Gasteiger partial charge on any atom is -0.478 e. The minimum absolute atomic E-state index is 0.0111. The zero-order valence-corrected chi connectivity index (χ0v) is 18.2. The molecule has 4 aromatic rings. The lowest BCUT2D eigenvalue weighted by molar-refractivity contribution is -0.121. The van der Waals surface area contributed by atoms with Gasteiger partial charge in [0, 0.05) is 18.7 Å². The molecule has 0 aliphatic rings. The van der Waals surface area contributed by atoms with Crippen LogP contribution in [0.15, 0.2) is 54.7 Å². The predicted octanol–water partition coefficient (Wildman–Crippen LogP) is 3.31. The highest BCUT2D eigenvalue weighted by Gasteiger charge is 2.12. The van der Waals surface area contributed by atoms with Gasteiger partial charge < -0.3 is 15.7 Å². The summed E-state index contributed by atoms with van der Waals surface area (Å²) in [5.41, 5.74) is 3.37. The molecule has 33 heavy (non-hydrogen) atoms. The monoisotopic (exact) mass is 445 g/mol. The fourth-order valence-corrected chi connectivity index (χ4v) is 3.26. The summed E-state index contributed by atoms with van der Waals surface area (Å²) in [6.07, 6.45) is 2.03. The lowest BCUT2D eigenvalue weighted by Gasteiger charge is -2.09. The van der Waals surface area contributed by atoms with E-state index in [1.54, 1.807) is 23.0 Å². The van der Waals surface area contributed by atoms with Gasteiger partial charge in [-0.25, -0.2) is 9.78 Å². The highest BCUT2D eigenvalue weighted by atomic mass is 16.4. The Hall–Kier alpha value is -4.34. The number of carboxylic acids is 1. The molecule has 0 aliphatic heterocycles. The Morgan fingerprint density at radius 1 is 1.12 bits per heavy atom. The third kappa shape index (κ3) is 5.29. The molecule has 2 aromatic heterocycles. The smallest absolute Gasteiger partial charge is 0.335 e. The van der Waals surface area contributed by atoms with E-state index in [0.717, 1.165) is 11.3 Å². The van der Waals surface area contributed by atoms with Crippen molar-refractivity contribution >= 4 is 34.7 Å². The highest BCUT2D eigenvalue weighted by Crippen LogP contribution is 2.19. The Kier molecular flexibility index (Phi) is 6.25. The van der Waals surface area contributed by atoms with Crippen LogP contribution in [0.2, 0.25) is 0 Å².